The summed E-state index contributed by atoms with van der Waals surface area (Å²) in [6, 6.07) is 12.5. The van der Waals surface area contributed by atoms with Gasteiger partial charge in [-0.25, -0.2) is 4.99 Å². The average molecular weight is 506 g/mol. The Morgan fingerprint density at radius 2 is 1.94 bits per heavy atom. The predicted octanol–water partition coefficient (Wildman–Crippen LogP) is 7.23. The van der Waals surface area contributed by atoms with Crippen molar-refractivity contribution >= 4 is 63.3 Å². The van der Waals surface area contributed by atoms with Gasteiger partial charge in [0.15, 0.2) is 5.17 Å². The molecule has 0 aromatic heterocycles. The van der Waals surface area contributed by atoms with E-state index in [4.69, 9.17) is 28.2 Å². The minimum Gasteiger partial charge on any atom is -0.325 e. The normalized spacial score (nSPS) is 17.5. The zero-order valence-corrected chi connectivity index (χ0v) is 21.3. The van der Waals surface area contributed by atoms with Crippen LogP contribution in [0.2, 0.25) is 10.0 Å². The lowest BCUT2D eigenvalue weighted by Gasteiger charge is -2.32. The maximum Gasteiger partial charge on any atom is 0.238 e. The van der Waals surface area contributed by atoms with Crippen molar-refractivity contribution in [2.24, 2.45) is 4.99 Å². The lowest BCUT2D eigenvalue weighted by molar-refractivity contribution is -0.129. The van der Waals surface area contributed by atoms with Gasteiger partial charge in [-0.1, -0.05) is 79.7 Å². The molecule has 2 amide bonds. The van der Waals surface area contributed by atoms with Gasteiger partial charge in [0.05, 0.1) is 5.69 Å². The van der Waals surface area contributed by atoms with Crippen LogP contribution in [0.1, 0.15) is 51.0 Å². The number of hydrogen-bond acceptors (Lipinski definition) is 4. The largest absolute Gasteiger partial charge is 0.325 e. The Hall–Kier alpha value is -2.02. The number of aryl methyl sites for hydroxylation is 1. The number of carbonyl (C=O) groups is 2. The van der Waals surface area contributed by atoms with E-state index >= 15 is 0 Å². The maximum absolute atomic E-state index is 13.1. The quantitative estimate of drug-likeness (QED) is 0.365. The SMILES string of the molecule is CCCCCCCN1C(=O)CC(C(=O)Nc2ccc(C)c(Cl)c2)SC1=Nc1cccc(Cl)c1. The van der Waals surface area contributed by atoms with Crippen LogP contribution in [0.4, 0.5) is 11.4 Å². The number of aliphatic imine (C=N–C) groups is 1. The molecule has 0 radical (unpaired) electrons. The molecular weight excluding hydrogens is 477 g/mol. The molecule has 3 rings (SSSR count). The van der Waals surface area contributed by atoms with Gasteiger partial charge < -0.3 is 5.32 Å². The fourth-order valence-electron chi connectivity index (χ4n) is 3.48. The molecule has 0 spiro atoms. The van der Waals surface area contributed by atoms with Gasteiger partial charge >= 0.3 is 0 Å². The second-order valence-electron chi connectivity index (χ2n) is 8.10. The summed E-state index contributed by atoms with van der Waals surface area (Å²) in [5.74, 6) is -0.332. The molecule has 5 nitrogen and oxygen atoms in total. The van der Waals surface area contributed by atoms with Crippen molar-refractivity contribution in [3.63, 3.8) is 0 Å². The Morgan fingerprint density at radius 3 is 2.67 bits per heavy atom. The van der Waals surface area contributed by atoms with Crippen LogP contribution in [0.3, 0.4) is 0 Å². The lowest BCUT2D eigenvalue weighted by Crippen LogP contribution is -2.45. The Morgan fingerprint density at radius 1 is 1.15 bits per heavy atom. The highest BCUT2D eigenvalue weighted by Gasteiger charge is 2.35. The second-order valence-corrected chi connectivity index (χ2v) is 10.1. The highest BCUT2D eigenvalue weighted by atomic mass is 35.5. The molecule has 0 bridgehead atoms. The Balaban J connectivity index is 1.76. The third kappa shape index (κ3) is 7.49. The summed E-state index contributed by atoms with van der Waals surface area (Å²) in [5, 5.41) is 3.99. The average Bonchev–Trinajstić information content (AvgIpc) is 2.77. The van der Waals surface area contributed by atoms with Crippen LogP contribution in [-0.4, -0.2) is 33.7 Å². The van der Waals surface area contributed by atoms with E-state index in [1.54, 1.807) is 29.2 Å². The van der Waals surface area contributed by atoms with Crippen molar-refractivity contribution in [1.29, 1.82) is 0 Å². The Labute approximate surface area is 209 Å². The molecule has 1 aliphatic heterocycles. The number of unbranched alkanes of at least 4 members (excludes halogenated alkanes) is 4. The van der Waals surface area contributed by atoms with Crippen LogP contribution in [0, 0.1) is 6.92 Å². The van der Waals surface area contributed by atoms with Crippen molar-refractivity contribution < 1.29 is 9.59 Å². The number of thioether (sulfide) groups is 1. The summed E-state index contributed by atoms with van der Waals surface area (Å²) in [4.78, 5) is 32.4. The van der Waals surface area contributed by atoms with E-state index in [2.05, 4.69) is 12.2 Å². The van der Waals surface area contributed by atoms with Gasteiger partial charge in [-0.2, -0.15) is 0 Å². The van der Waals surface area contributed by atoms with E-state index in [0.29, 0.717) is 33.1 Å². The third-order valence-electron chi connectivity index (χ3n) is 5.39. The summed E-state index contributed by atoms with van der Waals surface area (Å²) in [7, 11) is 0. The fraction of sp³-hybridized carbons (Fsp3) is 0.400. The molecule has 0 saturated carbocycles. The number of nitrogens with one attached hydrogen (secondary N) is 1. The van der Waals surface area contributed by atoms with Crippen molar-refractivity contribution in [1.82, 2.24) is 4.90 Å². The molecule has 1 atom stereocenters. The molecule has 1 N–H and O–H groups in total. The number of nitrogens with zero attached hydrogens (tertiary/aromatic N) is 2. The molecular formula is C25H29Cl2N3O2S. The monoisotopic (exact) mass is 505 g/mol. The maximum atomic E-state index is 13.1. The van der Waals surface area contributed by atoms with Gasteiger partial charge in [0.1, 0.15) is 5.25 Å². The van der Waals surface area contributed by atoms with Crippen molar-refractivity contribution in [2.75, 3.05) is 11.9 Å². The predicted molar refractivity (Wildman–Crippen MR) is 140 cm³/mol. The minimum atomic E-state index is -0.577. The summed E-state index contributed by atoms with van der Waals surface area (Å²) >= 11 is 13.6. The molecule has 2 aromatic carbocycles. The highest BCUT2D eigenvalue weighted by molar-refractivity contribution is 8.15. The fourth-order valence-corrected chi connectivity index (χ4v) is 4.97. The number of amidine groups is 1. The van der Waals surface area contributed by atoms with Gasteiger partial charge in [0, 0.05) is 28.7 Å². The topological polar surface area (TPSA) is 61.8 Å². The summed E-state index contributed by atoms with van der Waals surface area (Å²) in [6.45, 7) is 4.67. The Bertz CT molecular complexity index is 1030. The molecule has 1 unspecified atom stereocenters. The van der Waals surface area contributed by atoms with Crippen LogP contribution in [-0.2, 0) is 9.59 Å². The first-order valence-electron chi connectivity index (χ1n) is 11.3. The van der Waals surface area contributed by atoms with Gasteiger partial charge in [-0.3, -0.25) is 14.5 Å². The van der Waals surface area contributed by atoms with Crippen LogP contribution < -0.4 is 5.32 Å². The number of anilines is 1. The molecule has 1 saturated heterocycles. The first-order chi connectivity index (χ1) is 15.9. The van der Waals surface area contributed by atoms with E-state index in [0.717, 1.165) is 24.8 Å². The molecule has 2 aromatic rings. The molecule has 0 aliphatic carbocycles. The lowest BCUT2D eigenvalue weighted by atomic mass is 10.1. The number of benzene rings is 2. The second kappa shape index (κ2) is 12.4. The van der Waals surface area contributed by atoms with E-state index in [-0.39, 0.29) is 18.2 Å². The molecule has 176 valence electrons. The van der Waals surface area contributed by atoms with Crippen molar-refractivity contribution in [2.45, 2.75) is 57.6 Å². The summed E-state index contributed by atoms with van der Waals surface area (Å²) < 4.78 is 0. The van der Waals surface area contributed by atoms with Crippen molar-refractivity contribution in [3.8, 4) is 0 Å². The van der Waals surface area contributed by atoms with Gasteiger partial charge in [-0.15, -0.1) is 0 Å². The van der Waals surface area contributed by atoms with Crippen LogP contribution in [0.25, 0.3) is 0 Å². The minimum absolute atomic E-state index is 0.0906. The van der Waals surface area contributed by atoms with Crippen LogP contribution >= 0.6 is 35.0 Å². The number of rotatable bonds is 9. The number of amides is 2. The van der Waals surface area contributed by atoms with E-state index in [1.807, 2.05) is 25.1 Å². The molecule has 1 aliphatic rings. The smallest absolute Gasteiger partial charge is 0.238 e. The van der Waals surface area contributed by atoms with Gasteiger partial charge in [0.25, 0.3) is 0 Å². The highest BCUT2D eigenvalue weighted by Crippen LogP contribution is 2.31. The first kappa shape index (κ1) is 25.6. The first-order valence-corrected chi connectivity index (χ1v) is 12.9. The number of halogens is 2. The van der Waals surface area contributed by atoms with E-state index < -0.39 is 5.25 Å². The number of carbonyl (C=O) groups excluding carboxylic acids is 2. The van der Waals surface area contributed by atoms with Crippen LogP contribution in [0.15, 0.2) is 47.5 Å². The van der Waals surface area contributed by atoms with Crippen molar-refractivity contribution in [3.05, 3.63) is 58.1 Å². The summed E-state index contributed by atoms with van der Waals surface area (Å²) in [5.41, 5.74) is 2.19. The number of hydrogen-bond donors (Lipinski definition) is 1. The zero-order valence-electron chi connectivity index (χ0n) is 18.9. The van der Waals surface area contributed by atoms with Gasteiger partial charge in [-0.05, 0) is 49.2 Å². The Kier molecular flexibility index (Phi) is 9.65. The standard InChI is InChI=1S/C25H29Cl2N3O2S/c1-3-4-5-6-7-13-30-23(31)16-22(24(32)28-20-12-11-17(2)21(27)15-20)33-25(30)29-19-10-8-9-18(26)14-19/h8-12,14-15,22H,3-7,13,16H2,1-2H3,(H,28,32). The summed E-state index contributed by atoms with van der Waals surface area (Å²) in [6.07, 6.45) is 5.60. The zero-order chi connectivity index (χ0) is 23.8. The van der Waals surface area contributed by atoms with Gasteiger partial charge in [0.2, 0.25) is 11.8 Å². The molecule has 1 heterocycles. The molecule has 33 heavy (non-hydrogen) atoms. The van der Waals surface area contributed by atoms with Crippen LogP contribution in [0.5, 0.6) is 0 Å². The van der Waals surface area contributed by atoms with E-state index in [9.17, 15) is 9.59 Å². The van der Waals surface area contributed by atoms with E-state index in [1.165, 1.54) is 24.6 Å². The molecule has 1 fully saturated rings. The molecule has 8 heteroatoms. The third-order valence-corrected chi connectivity index (χ3v) is 7.22.